The molecule has 0 bridgehead atoms. The fraction of sp³-hybridized carbons (Fsp3) is 0.261. The van der Waals surface area contributed by atoms with E-state index >= 15 is 0 Å². The molecular formula is C23H24N4O4S. The number of ether oxygens (including phenoxy) is 1. The Morgan fingerprint density at radius 3 is 2.31 bits per heavy atom. The lowest BCUT2D eigenvalue weighted by Gasteiger charge is -2.11. The molecule has 0 saturated carbocycles. The molecule has 1 aliphatic heterocycles. The number of para-hydroxylation sites is 1. The molecule has 0 unspecified atom stereocenters. The van der Waals surface area contributed by atoms with Gasteiger partial charge in [0.15, 0.2) is 0 Å². The molecule has 0 spiro atoms. The quantitative estimate of drug-likeness (QED) is 0.605. The van der Waals surface area contributed by atoms with Crippen LogP contribution in [0.1, 0.15) is 47.1 Å². The van der Waals surface area contributed by atoms with Crippen LogP contribution < -0.4 is 14.8 Å². The second-order valence-corrected chi connectivity index (χ2v) is 9.58. The number of carbonyl (C=O) groups excluding carboxylic acids is 1. The fourth-order valence-corrected chi connectivity index (χ4v) is 4.58. The maximum atomic E-state index is 12.8. The fourth-order valence-electron chi connectivity index (χ4n) is 3.63. The standard InChI is InChI=1S/C23H24N4O4S/c1-13-12-14(2)25-23(24-13)27-32(29,30)18-10-8-17(9-11-18)26-22(28)20-7-5-6-19-15(3)16(4)31-21(19)20/h5-12,15-16H,1-4H3,(H,26,28)(H,24,25,27)/t15-,16-/m0/s1. The van der Waals surface area contributed by atoms with E-state index in [1.807, 2.05) is 19.1 Å². The maximum Gasteiger partial charge on any atom is 0.264 e. The molecule has 3 aromatic rings. The van der Waals surface area contributed by atoms with E-state index in [1.165, 1.54) is 24.3 Å². The van der Waals surface area contributed by atoms with Crippen LogP contribution in [0.3, 0.4) is 0 Å². The SMILES string of the molecule is Cc1cc(C)nc(NS(=O)(=O)c2ccc(NC(=O)c3cccc4c3O[C@@H](C)[C@@H]4C)cc2)n1. The minimum Gasteiger partial charge on any atom is -0.489 e. The van der Waals surface area contributed by atoms with E-state index in [4.69, 9.17) is 4.74 Å². The highest BCUT2D eigenvalue weighted by Gasteiger charge is 2.31. The van der Waals surface area contributed by atoms with Gasteiger partial charge in [0.1, 0.15) is 11.9 Å². The number of hydrogen-bond acceptors (Lipinski definition) is 6. The topological polar surface area (TPSA) is 110 Å². The van der Waals surface area contributed by atoms with Crippen LogP contribution in [0.5, 0.6) is 5.75 Å². The zero-order valence-electron chi connectivity index (χ0n) is 18.2. The van der Waals surface area contributed by atoms with E-state index < -0.39 is 10.0 Å². The molecule has 2 atom stereocenters. The first-order valence-electron chi connectivity index (χ1n) is 10.2. The van der Waals surface area contributed by atoms with Crippen molar-refractivity contribution in [1.29, 1.82) is 0 Å². The van der Waals surface area contributed by atoms with Crippen LogP contribution in [0.15, 0.2) is 53.4 Å². The number of nitrogens with one attached hydrogen (secondary N) is 2. The van der Waals surface area contributed by atoms with Crippen molar-refractivity contribution in [2.24, 2.45) is 0 Å². The number of sulfonamides is 1. The van der Waals surface area contributed by atoms with Gasteiger partial charge in [0.05, 0.1) is 10.5 Å². The number of fused-ring (bicyclic) bond motifs is 1. The number of aromatic nitrogens is 2. The number of carbonyl (C=O) groups is 1. The summed E-state index contributed by atoms with van der Waals surface area (Å²) in [4.78, 5) is 21.1. The summed E-state index contributed by atoms with van der Waals surface area (Å²) in [6.45, 7) is 7.56. The Hall–Kier alpha value is -3.46. The van der Waals surface area contributed by atoms with E-state index in [0.717, 1.165) is 5.56 Å². The molecule has 4 rings (SSSR count). The van der Waals surface area contributed by atoms with E-state index in [1.54, 1.807) is 26.0 Å². The molecular weight excluding hydrogens is 428 g/mol. The Morgan fingerprint density at radius 2 is 1.66 bits per heavy atom. The Balaban J connectivity index is 1.50. The minimum absolute atomic E-state index is 0.00268. The molecule has 1 amide bonds. The molecule has 8 nitrogen and oxygen atoms in total. The van der Waals surface area contributed by atoms with Crippen molar-refractivity contribution in [1.82, 2.24) is 9.97 Å². The largest absolute Gasteiger partial charge is 0.489 e. The number of aryl methyl sites for hydroxylation is 2. The number of nitrogens with zero attached hydrogens (tertiary/aromatic N) is 2. The number of amides is 1. The molecule has 2 N–H and O–H groups in total. The number of benzene rings is 2. The molecule has 2 aromatic carbocycles. The van der Waals surface area contributed by atoms with Gasteiger partial charge < -0.3 is 10.1 Å². The van der Waals surface area contributed by atoms with Crippen molar-refractivity contribution < 1.29 is 17.9 Å². The summed E-state index contributed by atoms with van der Waals surface area (Å²) in [7, 11) is -3.87. The summed E-state index contributed by atoms with van der Waals surface area (Å²) in [5, 5.41) is 2.80. The first-order valence-corrected chi connectivity index (χ1v) is 11.7. The van der Waals surface area contributed by atoms with Gasteiger partial charge in [-0.1, -0.05) is 19.1 Å². The zero-order valence-corrected chi connectivity index (χ0v) is 19.0. The molecule has 0 saturated heterocycles. The third-order valence-corrected chi connectivity index (χ3v) is 6.76. The molecule has 2 heterocycles. The van der Waals surface area contributed by atoms with E-state index in [-0.39, 0.29) is 28.8 Å². The van der Waals surface area contributed by atoms with Gasteiger partial charge in [-0.25, -0.2) is 23.1 Å². The van der Waals surface area contributed by atoms with Crippen LogP contribution in [-0.4, -0.2) is 30.4 Å². The lowest BCUT2D eigenvalue weighted by molar-refractivity contribution is 0.102. The average molecular weight is 453 g/mol. The molecule has 9 heteroatoms. The maximum absolute atomic E-state index is 12.8. The zero-order chi connectivity index (χ0) is 23.0. The molecule has 0 aliphatic carbocycles. The lowest BCUT2D eigenvalue weighted by atomic mass is 9.97. The summed E-state index contributed by atoms with van der Waals surface area (Å²) < 4.78 is 33.6. The van der Waals surface area contributed by atoms with Crippen molar-refractivity contribution >= 4 is 27.6 Å². The third-order valence-electron chi connectivity index (χ3n) is 5.42. The molecule has 0 radical (unpaired) electrons. The molecule has 1 aromatic heterocycles. The predicted molar refractivity (Wildman–Crippen MR) is 122 cm³/mol. The van der Waals surface area contributed by atoms with E-state index in [0.29, 0.717) is 28.4 Å². The van der Waals surface area contributed by atoms with Gasteiger partial charge in [-0.3, -0.25) is 4.79 Å². The highest BCUT2D eigenvalue weighted by molar-refractivity contribution is 7.92. The van der Waals surface area contributed by atoms with Gasteiger partial charge >= 0.3 is 0 Å². The lowest BCUT2D eigenvalue weighted by Crippen LogP contribution is -2.16. The molecule has 32 heavy (non-hydrogen) atoms. The van der Waals surface area contributed by atoms with Crippen molar-refractivity contribution in [3.63, 3.8) is 0 Å². The Morgan fingerprint density at radius 1 is 1.00 bits per heavy atom. The van der Waals surface area contributed by atoms with Gasteiger partial charge in [-0.2, -0.15) is 0 Å². The Kier molecular flexibility index (Phi) is 5.60. The second kappa shape index (κ2) is 8.23. The van der Waals surface area contributed by atoms with E-state index in [2.05, 4.69) is 26.9 Å². The van der Waals surface area contributed by atoms with Crippen molar-refractivity contribution in [3.05, 3.63) is 71.0 Å². The van der Waals surface area contributed by atoms with Crippen LogP contribution in [0, 0.1) is 13.8 Å². The van der Waals surface area contributed by atoms with Gasteiger partial charge in [0.2, 0.25) is 5.95 Å². The predicted octanol–water partition coefficient (Wildman–Crippen LogP) is 4.03. The normalized spacial score (nSPS) is 17.4. The van der Waals surface area contributed by atoms with Crippen molar-refractivity contribution in [3.8, 4) is 5.75 Å². The molecule has 166 valence electrons. The van der Waals surface area contributed by atoms with Crippen molar-refractivity contribution in [2.45, 2.75) is 44.6 Å². The van der Waals surface area contributed by atoms with Gasteiger partial charge in [-0.05, 0) is 57.2 Å². The summed E-state index contributed by atoms with van der Waals surface area (Å²) >= 11 is 0. The highest BCUT2D eigenvalue weighted by atomic mass is 32.2. The number of anilines is 2. The first kappa shape index (κ1) is 21.8. The second-order valence-electron chi connectivity index (χ2n) is 7.89. The Bertz CT molecular complexity index is 1270. The third kappa shape index (κ3) is 4.29. The van der Waals surface area contributed by atoms with Gasteiger partial charge in [0.25, 0.3) is 15.9 Å². The highest BCUT2D eigenvalue weighted by Crippen LogP contribution is 2.40. The van der Waals surface area contributed by atoms with E-state index in [9.17, 15) is 13.2 Å². The number of hydrogen-bond donors (Lipinski definition) is 2. The van der Waals surface area contributed by atoms with Gasteiger partial charge in [0, 0.05) is 28.6 Å². The summed E-state index contributed by atoms with van der Waals surface area (Å²) in [6, 6.07) is 13.2. The molecule has 1 aliphatic rings. The summed E-state index contributed by atoms with van der Waals surface area (Å²) in [5.74, 6) is 0.500. The smallest absolute Gasteiger partial charge is 0.264 e. The Labute approximate surface area is 187 Å². The van der Waals surface area contributed by atoms with Crippen LogP contribution in [0.2, 0.25) is 0 Å². The summed E-state index contributed by atoms with van der Waals surface area (Å²) in [5.41, 5.74) is 3.24. The van der Waals surface area contributed by atoms with Gasteiger partial charge in [-0.15, -0.1) is 0 Å². The average Bonchev–Trinajstić information content (AvgIpc) is 3.01. The minimum atomic E-state index is -3.87. The van der Waals surface area contributed by atoms with Crippen LogP contribution >= 0.6 is 0 Å². The monoisotopic (exact) mass is 452 g/mol. The first-order chi connectivity index (χ1) is 15.1. The van der Waals surface area contributed by atoms with Crippen molar-refractivity contribution in [2.75, 3.05) is 10.0 Å². The van der Waals surface area contributed by atoms with Crippen LogP contribution in [0.4, 0.5) is 11.6 Å². The molecule has 0 fully saturated rings. The number of rotatable bonds is 5. The summed E-state index contributed by atoms with van der Waals surface area (Å²) in [6.07, 6.45) is -0.00268. The van der Waals surface area contributed by atoms with Crippen LogP contribution in [0.25, 0.3) is 0 Å². The van der Waals surface area contributed by atoms with Crippen LogP contribution in [-0.2, 0) is 10.0 Å².